The predicted molar refractivity (Wildman–Crippen MR) is 81.0 cm³/mol. The summed E-state index contributed by atoms with van der Waals surface area (Å²) in [6.45, 7) is 4.21. The molecule has 0 aliphatic carbocycles. The Labute approximate surface area is 122 Å². The zero-order valence-electron chi connectivity index (χ0n) is 11.1. The SMILES string of the molecule is CC1CC(CN)CN1CC(=O)Nc1cccc(Br)c1. The Kier molecular flexibility index (Phi) is 4.96. The van der Waals surface area contributed by atoms with E-state index in [2.05, 4.69) is 33.1 Å². The van der Waals surface area contributed by atoms with Crippen molar-refractivity contribution in [3.05, 3.63) is 28.7 Å². The van der Waals surface area contributed by atoms with Crippen molar-refractivity contribution in [1.82, 2.24) is 4.90 Å². The number of amides is 1. The molecule has 0 bridgehead atoms. The van der Waals surface area contributed by atoms with Gasteiger partial charge in [-0.2, -0.15) is 0 Å². The summed E-state index contributed by atoms with van der Waals surface area (Å²) >= 11 is 3.39. The molecular weight excluding hydrogens is 306 g/mol. The van der Waals surface area contributed by atoms with Crippen LogP contribution in [0, 0.1) is 5.92 Å². The van der Waals surface area contributed by atoms with E-state index in [0.29, 0.717) is 25.0 Å². The minimum absolute atomic E-state index is 0.0302. The molecule has 4 nitrogen and oxygen atoms in total. The van der Waals surface area contributed by atoms with Gasteiger partial charge in [-0.3, -0.25) is 9.69 Å². The Morgan fingerprint density at radius 2 is 2.37 bits per heavy atom. The standard InChI is InChI=1S/C14H20BrN3O/c1-10-5-11(7-16)8-18(10)9-14(19)17-13-4-2-3-12(15)6-13/h2-4,6,10-11H,5,7-9,16H2,1H3,(H,17,19). The maximum absolute atomic E-state index is 12.0. The van der Waals surface area contributed by atoms with Crippen molar-refractivity contribution in [2.24, 2.45) is 11.7 Å². The highest BCUT2D eigenvalue weighted by atomic mass is 79.9. The van der Waals surface area contributed by atoms with Gasteiger partial charge >= 0.3 is 0 Å². The molecule has 0 spiro atoms. The second-order valence-electron chi connectivity index (χ2n) is 5.17. The number of nitrogens with one attached hydrogen (secondary N) is 1. The summed E-state index contributed by atoms with van der Waals surface area (Å²) in [4.78, 5) is 14.2. The molecule has 0 radical (unpaired) electrons. The minimum Gasteiger partial charge on any atom is -0.330 e. The van der Waals surface area contributed by atoms with Gasteiger partial charge in [-0.05, 0) is 44.0 Å². The highest BCUT2D eigenvalue weighted by Gasteiger charge is 2.29. The van der Waals surface area contributed by atoms with Crippen molar-refractivity contribution in [3.8, 4) is 0 Å². The number of anilines is 1. The van der Waals surface area contributed by atoms with Crippen LogP contribution in [0.3, 0.4) is 0 Å². The quantitative estimate of drug-likeness (QED) is 0.890. The van der Waals surface area contributed by atoms with Gasteiger partial charge in [0.15, 0.2) is 0 Å². The Morgan fingerprint density at radius 1 is 1.58 bits per heavy atom. The molecule has 2 unspecified atom stereocenters. The monoisotopic (exact) mass is 325 g/mol. The molecule has 1 aliphatic heterocycles. The second-order valence-corrected chi connectivity index (χ2v) is 6.09. The van der Waals surface area contributed by atoms with Crippen molar-refractivity contribution in [2.75, 3.05) is 25.0 Å². The molecule has 1 heterocycles. The van der Waals surface area contributed by atoms with E-state index in [0.717, 1.165) is 23.1 Å². The van der Waals surface area contributed by atoms with Gasteiger partial charge in [0.05, 0.1) is 6.54 Å². The second kappa shape index (κ2) is 6.50. The zero-order chi connectivity index (χ0) is 13.8. The molecule has 5 heteroatoms. The summed E-state index contributed by atoms with van der Waals surface area (Å²) in [5, 5.41) is 2.92. The van der Waals surface area contributed by atoms with Gasteiger partial charge in [-0.1, -0.05) is 22.0 Å². The average Bonchev–Trinajstić information content (AvgIpc) is 2.70. The number of halogens is 1. The summed E-state index contributed by atoms with van der Waals surface area (Å²) in [6.07, 6.45) is 1.08. The van der Waals surface area contributed by atoms with Crippen molar-refractivity contribution in [2.45, 2.75) is 19.4 Å². The first-order chi connectivity index (χ1) is 9.08. The fourth-order valence-corrected chi connectivity index (χ4v) is 2.96. The molecule has 0 aromatic heterocycles. The molecule has 1 aliphatic rings. The van der Waals surface area contributed by atoms with Crippen LogP contribution in [0.1, 0.15) is 13.3 Å². The number of carbonyl (C=O) groups is 1. The minimum atomic E-state index is 0.0302. The van der Waals surface area contributed by atoms with Crippen LogP contribution in [0.15, 0.2) is 28.7 Å². The highest BCUT2D eigenvalue weighted by Crippen LogP contribution is 2.22. The number of nitrogens with two attached hydrogens (primary N) is 1. The van der Waals surface area contributed by atoms with Crippen molar-refractivity contribution in [1.29, 1.82) is 0 Å². The summed E-state index contributed by atoms with van der Waals surface area (Å²) < 4.78 is 0.961. The van der Waals surface area contributed by atoms with Gasteiger partial charge < -0.3 is 11.1 Å². The number of rotatable bonds is 4. The molecule has 0 saturated carbocycles. The number of carbonyl (C=O) groups excluding carboxylic acids is 1. The molecule has 2 atom stereocenters. The number of nitrogens with zero attached hydrogens (tertiary/aromatic N) is 1. The molecular formula is C14H20BrN3O. The Balaban J connectivity index is 1.88. The highest BCUT2D eigenvalue weighted by molar-refractivity contribution is 9.10. The fourth-order valence-electron chi connectivity index (χ4n) is 2.56. The Bertz CT molecular complexity index is 452. The molecule has 104 valence electrons. The Hall–Kier alpha value is -0.910. The van der Waals surface area contributed by atoms with Gasteiger partial charge in [0.25, 0.3) is 0 Å². The van der Waals surface area contributed by atoms with E-state index in [1.807, 2.05) is 24.3 Å². The number of benzene rings is 1. The molecule has 19 heavy (non-hydrogen) atoms. The zero-order valence-corrected chi connectivity index (χ0v) is 12.7. The number of hydrogen-bond donors (Lipinski definition) is 2. The third-order valence-electron chi connectivity index (χ3n) is 3.58. The van der Waals surface area contributed by atoms with E-state index < -0.39 is 0 Å². The maximum Gasteiger partial charge on any atom is 0.238 e. The van der Waals surface area contributed by atoms with Crippen LogP contribution < -0.4 is 11.1 Å². The lowest BCUT2D eigenvalue weighted by molar-refractivity contribution is -0.117. The van der Waals surface area contributed by atoms with Crippen LogP contribution in [0.25, 0.3) is 0 Å². The van der Waals surface area contributed by atoms with Gasteiger partial charge in [0, 0.05) is 22.7 Å². The van der Waals surface area contributed by atoms with Crippen LogP contribution in [0.5, 0.6) is 0 Å². The predicted octanol–water partition coefficient (Wildman–Crippen LogP) is 2.06. The third kappa shape index (κ3) is 4.03. The lowest BCUT2D eigenvalue weighted by Gasteiger charge is -2.20. The molecule has 1 aromatic rings. The molecule has 1 amide bonds. The lowest BCUT2D eigenvalue weighted by atomic mass is 10.1. The smallest absolute Gasteiger partial charge is 0.238 e. The van der Waals surface area contributed by atoms with E-state index in [-0.39, 0.29) is 5.91 Å². The van der Waals surface area contributed by atoms with Gasteiger partial charge in [0.2, 0.25) is 5.91 Å². The number of likely N-dealkylation sites (tertiary alicyclic amines) is 1. The number of hydrogen-bond acceptors (Lipinski definition) is 3. The molecule has 1 saturated heterocycles. The summed E-state index contributed by atoms with van der Waals surface area (Å²) in [5.41, 5.74) is 6.52. The van der Waals surface area contributed by atoms with Gasteiger partial charge in [-0.15, -0.1) is 0 Å². The largest absolute Gasteiger partial charge is 0.330 e. The summed E-state index contributed by atoms with van der Waals surface area (Å²) in [7, 11) is 0. The lowest BCUT2D eigenvalue weighted by Crippen LogP contribution is -2.36. The average molecular weight is 326 g/mol. The van der Waals surface area contributed by atoms with Crippen LogP contribution >= 0.6 is 15.9 Å². The maximum atomic E-state index is 12.0. The van der Waals surface area contributed by atoms with Crippen molar-refractivity contribution in [3.63, 3.8) is 0 Å². The first-order valence-electron chi connectivity index (χ1n) is 6.58. The van der Waals surface area contributed by atoms with E-state index in [4.69, 9.17) is 5.73 Å². The first kappa shape index (κ1) is 14.5. The van der Waals surface area contributed by atoms with E-state index >= 15 is 0 Å². The topological polar surface area (TPSA) is 58.4 Å². The van der Waals surface area contributed by atoms with Crippen molar-refractivity contribution >= 4 is 27.5 Å². The van der Waals surface area contributed by atoms with Gasteiger partial charge in [0.1, 0.15) is 0 Å². The van der Waals surface area contributed by atoms with E-state index in [9.17, 15) is 4.79 Å². The third-order valence-corrected chi connectivity index (χ3v) is 4.07. The van der Waals surface area contributed by atoms with Crippen LogP contribution in [-0.4, -0.2) is 36.5 Å². The molecule has 1 fully saturated rings. The summed E-state index contributed by atoms with van der Waals surface area (Å²) in [6, 6.07) is 8.06. The van der Waals surface area contributed by atoms with Crippen LogP contribution in [-0.2, 0) is 4.79 Å². The van der Waals surface area contributed by atoms with Crippen LogP contribution in [0.4, 0.5) is 5.69 Å². The molecule has 1 aromatic carbocycles. The van der Waals surface area contributed by atoms with E-state index in [1.165, 1.54) is 0 Å². The van der Waals surface area contributed by atoms with Crippen LogP contribution in [0.2, 0.25) is 0 Å². The fraction of sp³-hybridized carbons (Fsp3) is 0.500. The summed E-state index contributed by atoms with van der Waals surface area (Å²) in [5.74, 6) is 0.552. The first-order valence-corrected chi connectivity index (χ1v) is 7.37. The Morgan fingerprint density at radius 3 is 3.00 bits per heavy atom. The van der Waals surface area contributed by atoms with Crippen molar-refractivity contribution < 1.29 is 4.79 Å². The van der Waals surface area contributed by atoms with E-state index in [1.54, 1.807) is 0 Å². The molecule has 2 rings (SSSR count). The van der Waals surface area contributed by atoms with Gasteiger partial charge in [-0.25, -0.2) is 0 Å². The normalized spacial score (nSPS) is 23.5. The molecule has 3 N–H and O–H groups in total.